The Labute approximate surface area is 98.2 Å². The highest BCUT2D eigenvalue weighted by Gasteiger charge is 2.10. The summed E-state index contributed by atoms with van der Waals surface area (Å²) in [4.78, 5) is 4.11. The summed E-state index contributed by atoms with van der Waals surface area (Å²) in [5.74, 6) is 0.519. The van der Waals surface area contributed by atoms with E-state index in [0.717, 1.165) is 10.2 Å². The third kappa shape index (κ3) is 3.05. The van der Waals surface area contributed by atoms with Crippen LogP contribution in [0.4, 0.5) is 4.39 Å². The van der Waals surface area contributed by atoms with Gasteiger partial charge in [0.05, 0.1) is 5.69 Å². The van der Waals surface area contributed by atoms with Crippen molar-refractivity contribution < 1.29 is 9.13 Å². The molecule has 0 amide bonds. The second-order valence-electron chi connectivity index (χ2n) is 2.55. The van der Waals surface area contributed by atoms with Crippen LogP contribution in [0.25, 0.3) is 0 Å². The SMILES string of the molecule is Cc1cc(Br)nc(C)c1OC(F)I. The lowest BCUT2D eigenvalue weighted by molar-refractivity contribution is 0.168. The summed E-state index contributed by atoms with van der Waals surface area (Å²) in [6.45, 7) is 3.64. The molecule has 5 heteroatoms. The molecule has 0 spiro atoms. The van der Waals surface area contributed by atoms with Gasteiger partial charge in [-0.2, -0.15) is 4.39 Å². The molecule has 2 nitrogen and oxygen atoms in total. The van der Waals surface area contributed by atoms with Gasteiger partial charge in [0, 0.05) is 22.6 Å². The molecule has 0 bridgehead atoms. The fourth-order valence-corrected chi connectivity index (χ4v) is 1.90. The van der Waals surface area contributed by atoms with Crippen molar-refractivity contribution in [1.82, 2.24) is 4.98 Å². The molecule has 13 heavy (non-hydrogen) atoms. The highest BCUT2D eigenvalue weighted by atomic mass is 127. The third-order valence-corrected chi connectivity index (χ3v) is 2.16. The van der Waals surface area contributed by atoms with E-state index in [1.54, 1.807) is 35.6 Å². The summed E-state index contributed by atoms with van der Waals surface area (Å²) in [7, 11) is 0. The first kappa shape index (κ1) is 11.2. The normalized spacial score (nSPS) is 12.7. The van der Waals surface area contributed by atoms with Crippen molar-refractivity contribution in [3.05, 3.63) is 21.9 Å². The summed E-state index contributed by atoms with van der Waals surface area (Å²) < 4.78 is 16.9. The van der Waals surface area contributed by atoms with Crippen LogP contribution >= 0.6 is 38.5 Å². The van der Waals surface area contributed by atoms with Gasteiger partial charge in [-0.1, -0.05) is 0 Å². The Morgan fingerprint density at radius 3 is 2.69 bits per heavy atom. The summed E-state index contributed by atoms with van der Waals surface area (Å²) in [5, 5.41) is 0. The van der Waals surface area contributed by atoms with Crippen molar-refractivity contribution in [2.75, 3.05) is 0 Å². The zero-order valence-corrected chi connectivity index (χ0v) is 10.9. The van der Waals surface area contributed by atoms with Crippen LogP contribution in [0, 0.1) is 13.8 Å². The molecule has 0 aliphatic carbocycles. The van der Waals surface area contributed by atoms with Crippen LogP contribution in [0.3, 0.4) is 0 Å². The van der Waals surface area contributed by atoms with E-state index in [0.29, 0.717) is 11.4 Å². The number of halogens is 3. The second kappa shape index (κ2) is 4.54. The van der Waals surface area contributed by atoms with Gasteiger partial charge in [0.1, 0.15) is 10.4 Å². The predicted octanol–water partition coefficient (Wildman–Crippen LogP) is 3.53. The molecule has 0 aromatic carbocycles. The van der Waals surface area contributed by atoms with Crippen molar-refractivity contribution in [1.29, 1.82) is 0 Å². The third-order valence-electron chi connectivity index (χ3n) is 1.50. The van der Waals surface area contributed by atoms with Gasteiger partial charge in [-0.3, -0.25) is 0 Å². The zero-order chi connectivity index (χ0) is 10.0. The lowest BCUT2D eigenvalue weighted by Crippen LogP contribution is -2.04. The first-order chi connectivity index (χ1) is 6.00. The van der Waals surface area contributed by atoms with E-state index < -0.39 is 4.36 Å². The van der Waals surface area contributed by atoms with Crippen LogP contribution in [0.5, 0.6) is 5.75 Å². The van der Waals surface area contributed by atoms with Crippen molar-refractivity contribution in [3.8, 4) is 5.75 Å². The minimum Gasteiger partial charge on any atom is -0.449 e. The first-order valence-corrected chi connectivity index (χ1v) is 5.63. The Kier molecular flexibility index (Phi) is 3.90. The molecule has 1 atom stereocenters. The fraction of sp³-hybridized carbons (Fsp3) is 0.375. The molecule has 0 saturated carbocycles. The summed E-state index contributed by atoms with van der Waals surface area (Å²) in [5.41, 5.74) is 1.56. The maximum Gasteiger partial charge on any atom is 0.288 e. The molecule has 1 aromatic heterocycles. The molecule has 1 heterocycles. The first-order valence-electron chi connectivity index (χ1n) is 3.59. The Bertz CT molecular complexity index is 296. The van der Waals surface area contributed by atoms with Gasteiger partial charge in [-0.25, -0.2) is 4.98 Å². The number of pyridine rings is 1. The molecule has 0 saturated heterocycles. The van der Waals surface area contributed by atoms with Crippen molar-refractivity contribution in [2.45, 2.75) is 18.2 Å². The monoisotopic (exact) mass is 359 g/mol. The number of aryl methyl sites for hydroxylation is 2. The fourth-order valence-electron chi connectivity index (χ4n) is 1.04. The minimum atomic E-state index is -1.34. The number of aromatic nitrogens is 1. The molecular weight excluding hydrogens is 352 g/mol. The maximum atomic E-state index is 12.6. The molecule has 0 aliphatic heterocycles. The van der Waals surface area contributed by atoms with Crippen molar-refractivity contribution in [2.24, 2.45) is 0 Å². The Hall–Kier alpha value is 0.0900. The Morgan fingerprint density at radius 2 is 2.23 bits per heavy atom. The van der Waals surface area contributed by atoms with E-state index in [4.69, 9.17) is 4.74 Å². The molecule has 1 aromatic rings. The molecule has 0 fully saturated rings. The van der Waals surface area contributed by atoms with Crippen LogP contribution in [-0.4, -0.2) is 9.35 Å². The second-order valence-corrected chi connectivity index (χ2v) is 4.35. The molecule has 0 radical (unpaired) electrons. The quantitative estimate of drug-likeness (QED) is 0.458. The number of hydrogen-bond donors (Lipinski definition) is 0. The number of nitrogens with zero attached hydrogens (tertiary/aromatic N) is 1. The van der Waals surface area contributed by atoms with E-state index in [-0.39, 0.29) is 0 Å². The van der Waals surface area contributed by atoms with E-state index in [9.17, 15) is 4.39 Å². The van der Waals surface area contributed by atoms with Crippen molar-refractivity contribution >= 4 is 38.5 Å². The van der Waals surface area contributed by atoms with Gasteiger partial charge in [0.2, 0.25) is 0 Å². The van der Waals surface area contributed by atoms with Gasteiger partial charge in [-0.15, -0.1) is 0 Å². The maximum absolute atomic E-state index is 12.6. The van der Waals surface area contributed by atoms with Gasteiger partial charge in [-0.05, 0) is 41.4 Å². The minimum absolute atomic E-state index is 0.519. The molecule has 0 N–H and O–H groups in total. The van der Waals surface area contributed by atoms with E-state index in [2.05, 4.69) is 20.9 Å². The van der Waals surface area contributed by atoms with Crippen LogP contribution in [0.2, 0.25) is 0 Å². The van der Waals surface area contributed by atoms with Crippen LogP contribution < -0.4 is 4.74 Å². The van der Waals surface area contributed by atoms with E-state index >= 15 is 0 Å². The molecule has 1 unspecified atom stereocenters. The summed E-state index contributed by atoms with van der Waals surface area (Å²) >= 11 is 4.81. The smallest absolute Gasteiger partial charge is 0.288 e. The lowest BCUT2D eigenvalue weighted by Gasteiger charge is -2.11. The zero-order valence-electron chi connectivity index (χ0n) is 7.14. The number of hydrogen-bond acceptors (Lipinski definition) is 2. The van der Waals surface area contributed by atoms with E-state index in [1.807, 2.05) is 6.92 Å². The highest BCUT2D eigenvalue weighted by Crippen LogP contribution is 2.26. The predicted molar refractivity (Wildman–Crippen MR) is 61.0 cm³/mol. The van der Waals surface area contributed by atoms with E-state index in [1.165, 1.54) is 0 Å². The Morgan fingerprint density at radius 1 is 1.62 bits per heavy atom. The number of ether oxygens (including phenoxy) is 1. The van der Waals surface area contributed by atoms with Gasteiger partial charge in [0.15, 0.2) is 0 Å². The standard InChI is InChI=1S/C8H8BrFINO/c1-4-3-6(9)12-5(2)7(4)13-8(10)11/h3,8H,1-2H3. The van der Waals surface area contributed by atoms with Crippen molar-refractivity contribution in [3.63, 3.8) is 0 Å². The average molecular weight is 360 g/mol. The number of rotatable bonds is 2. The molecule has 1 rings (SSSR count). The summed E-state index contributed by atoms with van der Waals surface area (Å²) in [6, 6.07) is 1.79. The van der Waals surface area contributed by atoms with Gasteiger partial charge < -0.3 is 4.74 Å². The van der Waals surface area contributed by atoms with Crippen LogP contribution in [-0.2, 0) is 0 Å². The average Bonchev–Trinajstić information content (AvgIpc) is 1.96. The van der Waals surface area contributed by atoms with Gasteiger partial charge in [0.25, 0.3) is 4.36 Å². The largest absolute Gasteiger partial charge is 0.449 e. The molecule has 0 aliphatic rings. The highest BCUT2D eigenvalue weighted by molar-refractivity contribution is 14.1. The Balaban J connectivity index is 3.06. The van der Waals surface area contributed by atoms with Crippen LogP contribution in [0.1, 0.15) is 11.3 Å². The van der Waals surface area contributed by atoms with Gasteiger partial charge >= 0.3 is 0 Å². The topological polar surface area (TPSA) is 22.1 Å². The van der Waals surface area contributed by atoms with Crippen LogP contribution in [0.15, 0.2) is 10.7 Å². The lowest BCUT2D eigenvalue weighted by atomic mass is 10.2. The molecular formula is C8H8BrFINO. The summed E-state index contributed by atoms with van der Waals surface area (Å²) in [6.07, 6.45) is 0. The molecule has 72 valence electrons. The number of alkyl halides is 2.